The molecule has 0 amide bonds. The highest BCUT2D eigenvalue weighted by molar-refractivity contribution is 5.87. The maximum absolute atomic E-state index is 13.9. The Kier molecular flexibility index (Phi) is 6.36. The fourth-order valence-electron chi connectivity index (χ4n) is 3.49. The summed E-state index contributed by atoms with van der Waals surface area (Å²) < 4.78 is 66.2. The maximum Gasteiger partial charge on any atom is 0.434 e. The van der Waals surface area contributed by atoms with E-state index in [9.17, 15) is 22.7 Å². The van der Waals surface area contributed by atoms with Crippen molar-refractivity contribution in [1.82, 2.24) is 9.97 Å². The van der Waals surface area contributed by atoms with Crippen LogP contribution in [0.3, 0.4) is 0 Å². The summed E-state index contributed by atoms with van der Waals surface area (Å²) in [6, 6.07) is 16.3. The smallest absolute Gasteiger partial charge is 0.434 e. The molecule has 0 unspecified atom stereocenters. The Balaban J connectivity index is 1.78. The standard InChI is InChI=1S/C25H18F4N2O3/c1-33-21-9-5-3-7-18(21)22-23(30-14-31-24(22)25(27,28)29)17-11-10-16(12-20(17)32)34-13-15-6-2-4-8-19(15)26/h2-12,14,32H,13H2,1H3. The Morgan fingerprint density at radius 3 is 2.35 bits per heavy atom. The fraction of sp³-hybridized carbons (Fsp3) is 0.120. The molecule has 0 saturated heterocycles. The van der Waals surface area contributed by atoms with E-state index < -0.39 is 17.7 Å². The summed E-state index contributed by atoms with van der Waals surface area (Å²) in [5.74, 6) is -0.415. The van der Waals surface area contributed by atoms with E-state index in [1.165, 1.54) is 43.5 Å². The second-order valence-electron chi connectivity index (χ2n) is 7.20. The van der Waals surface area contributed by atoms with Gasteiger partial charge in [0.1, 0.15) is 36.0 Å². The minimum absolute atomic E-state index is 0.0343. The molecule has 0 aliphatic carbocycles. The van der Waals surface area contributed by atoms with Crippen molar-refractivity contribution in [2.45, 2.75) is 12.8 Å². The van der Waals surface area contributed by atoms with Gasteiger partial charge in [0.05, 0.1) is 12.8 Å². The molecule has 0 atom stereocenters. The van der Waals surface area contributed by atoms with E-state index in [1.807, 2.05) is 0 Å². The molecule has 9 heteroatoms. The zero-order chi connectivity index (χ0) is 24.3. The van der Waals surface area contributed by atoms with Gasteiger partial charge in [-0.05, 0) is 24.3 Å². The molecule has 0 spiro atoms. The van der Waals surface area contributed by atoms with Crippen molar-refractivity contribution in [1.29, 1.82) is 0 Å². The lowest BCUT2D eigenvalue weighted by atomic mass is 9.96. The first kappa shape index (κ1) is 23.0. The molecule has 5 nitrogen and oxygen atoms in total. The summed E-state index contributed by atoms with van der Waals surface area (Å²) in [7, 11) is 1.34. The van der Waals surface area contributed by atoms with Crippen molar-refractivity contribution in [3.05, 3.63) is 90.1 Å². The number of nitrogens with zero attached hydrogens (tertiary/aromatic N) is 2. The number of aromatic nitrogens is 2. The van der Waals surface area contributed by atoms with Gasteiger partial charge in [-0.2, -0.15) is 13.2 Å². The highest BCUT2D eigenvalue weighted by Crippen LogP contribution is 2.45. The average molecular weight is 470 g/mol. The van der Waals surface area contributed by atoms with Crippen LogP contribution < -0.4 is 9.47 Å². The van der Waals surface area contributed by atoms with Gasteiger partial charge in [-0.3, -0.25) is 0 Å². The summed E-state index contributed by atoms with van der Waals surface area (Å²) in [6.07, 6.45) is -3.99. The van der Waals surface area contributed by atoms with Gasteiger partial charge in [0.2, 0.25) is 0 Å². The van der Waals surface area contributed by atoms with Crippen LogP contribution in [0, 0.1) is 5.82 Å². The van der Waals surface area contributed by atoms with Gasteiger partial charge in [-0.25, -0.2) is 14.4 Å². The van der Waals surface area contributed by atoms with Crippen LogP contribution in [0.4, 0.5) is 17.6 Å². The van der Waals surface area contributed by atoms with E-state index >= 15 is 0 Å². The highest BCUT2D eigenvalue weighted by atomic mass is 19.4. The van der Waals surface area contributed by atoms with Crippen molar-refractivity contribution >= 4 is 0 Å². The van der Waals surface area contributed by atoms with E-state index in [1.54, 1.807) is 30.3 Å². The second kappa shape index (κ2) is 9.38. The number of halogens is 4. The van der Waals surface area contributed by atoms with Crippen molar-refractivity contribution in [3.8, 4) is 39.6 Å². The summed E-state index contributed by atoms with van der Waals surface area (Å²) in [5.41, 5.74) is -1.16. The van der Waals surface area contributed by atoms with E-state index in [-0.39, 0.29) is 46.2 Å². The number of rotatable bonds is 6. The zero-order valence-electron chi connectivity index (χ0n) is 17.8. The van der Waals surface area contributed by atoms with Gasteiger partial charge in [0.15, 0.2) is 5.69 Å². The molecule has 0 radical (unpaired) electrons. The SMILES string of the molecule is COc1ccccc1-c1c(-c2ccc(OCc3ccccc3F)cc2O)ncnc1C(F)(F)F. The van der Waals surface area contributed by atoms with Crippen LogP contribution in [-0.4, -0.2) is 22.2 Å². The quantitative estimate of drug-likeness (QED) is 0.337. The van der Waals surface area contributed by atoms with Gasteiger partial charge in [-0.1, -0.05) is 36.4 Å². The molecular weight excluding hydrogens is 452 g/mol. The molecule has 34 heavy (non-hydrogen) atoms. The number of methoxy groups -OCH3 is 1. The zero-order valence-corrected chi connectivity index (χ0v) is 17.8. The molecule has 174 valence electrons. The summed E-state index contributed by atoms with van der Waals surface area (Å²) >= 11 is 0. The number of phenolic OH excluding ortho intramolecular Hbond substituents is 1. The fourth-order valence-corrected chi connectivity index (χ4v) is 3.49. The largest absolute Gasteiger partial charge is 0.507 e. The number of hydrogen-bond donors (Lipinski definition) is 1. The number of ether oxygens (including phenoxy) is 2. The maximum atomic E-state index is 13.9. The number of alkyl halides is 3. The van der Waals surface area contributed by atoms with Gasteiger partial charge in [-0.15, -0.1) is 0 Å². The number of para-hydroxylation sites is 1. The Hall–Kier alpha value is -4.14. The molecule has 0 aliphatic rings. The number of phenols is 1. The first-order valence-electron chi connectivity index (χ1n) is 10.0. The molecule has 3 aromatic carbocycles. The van der Waals surface area contributed by atoms with Crippen LogP contribution in [0.15, 0.2) is 73.1 Å². The predicted octanol–water partition coefficient (Wildman–Crippen LogP) is 6.26. The van der Waals surface area contributed by atoms with Crippen LogP contribution in [0.2, 0.25) is 0 Å². The normalized spacial score (nSPS) is 11.3. The summed E-state index contributed by atoms with van der Waals surface area (Å²) in [5, 5.41) is 10.7. The Morgan fingerprint density at radius 2 is 1.65 bits per heavy atom. The lowest BCUT2D eigenvalue weighted by molar-refractivity contribution is -0.140. The monoisotopic (exact) mass is 470 g/mol. The molecule has 0 aliphatic heterocycles. The Morgan fingerprint density at radius 1 is 0.912 bits per heavy atom. The third-order valence-corrected chi connectivity index (χ3v) is 5.07. The van der Waals surface area contributed by atoms with Crippen molar-refractivity contribution < 1.29 is 32.1 Å². The van der Waals surface area contributed by atoms with E-state index in [4.69, 9.17) is 9.47 Å². The lowest BCUT2D eigenvalue weighted by Gasteiger charge is -2.18. The van der Waals surface area contributed by atoms with Crippen LogP contribution in [-0.2, 0) is 12.8 Å². The molecular formula is C25H18F4N2O3. The summed E-state index contributed by atoms with van der Waals surface area (Å²) in [6.45, 7) is -0.0936. The van der Waals surface area contributed by atoms with Crippen LogP contribution in [0.5, 0.6) is 17.2 Å². The average Bonchev–Trinajstić information content (AvgIpc) is 2.82. The van der Waals surface area contributed by atoms with Crippen LogP contribution >= 0.6 is 0 Å². The Labute approximate surface area is 192 Å². The topological polar surface area (TPSA) is 64.5 Å². The van der Waals surface area contributed by atoms with E-state index in [0.717, 1.165) is 6.33 Å². The first-order valence-corrected chi connectivity index (χ1v) is 10.0. The minimum atomic E-state index is -4.79. The molecule has 0 saturated carbocycles. The van der Waals surface area contributed by atoms with Gasteiger partial charge < -0.3 is 14.6 Å². The molecule has 1 heterocycles. The van der Waals surface area contributed by atoms with E-state index in [0.29, 0.717) is 5.56 Å². The van der Waals surface area contributed by atoms with Crippen LogP contribution in [0.1, 0.15) is 11.3 Å². The summed E-state index contributed by atoms with van der Waals surface area (Å²) in [4.78, 5) is 7.53. The Bertz CT molecular complexity index is 1330. The molecule has 1 aromatic heterocycles. The number of aromatic hydroxyl groups is 1. The number of benzene rings is 3. The van der Waals surface area contributed by atoms with Crippen LogP contribution in [0.25, 0.3) is 22.4 Å². The molecule has 0 bridgehead atoms. The second-order valence-corrected chi connectivity index (χ2v) is 7.20. The predicted molar refractivity (Wildman–Crippen MR) is 117 cm³/mol. The first-order chi connectivity index (χ1) is 16.3. The molecule has 4 rings (SSSR count). The van der Waals surface area contributed by atoms with E-state index in [2.05, 4.69) is 9.97 Å². The number of hydrogen-bond acceptors (Lipinski definition) is 5. The van der Waals surface area contributed by atoms with Crippen molar-refractivity contribution in [3.63, 3.8) is 0 Å². The third kappa shape index (κ3) is 4.63. The van der Waals surface area contributed by atoms with Gasteiger partial charge in [0, 0.05) is 28.3 Å². The molecule has 0 fully saturated rings. The highest BCUT2D eigenvalue weighted by Gasteiger charge is 2.38. The molecule has 4 aromatic rings. The third-order valence-electron chi connectivity index (χ3n) is 5.07. The van der Waals surface area contributed by atoms with Crippen molar-refractivity contribution in [2.75, 3.05) is 7.11 Å². The lowest BCUT2D eigenvalue weighted by Crippen LogP contribution is -2.12. The molecule has 1 N–H and O–H groups in total. The minimum Gasteiger partial charge on any atom is -0.507 e. The van der Waals surface area contributed by atoms with Crippen molar-refractivity contribution in [2.24, 2.45) is 0 Å². The van der Waals surface area contributed by atoms with Gasteiger partial charge in [0.25, 0.3) is 0 Å². The van der Waals surface area contributed by atoms with Gasteiger partial charge >= 0.3 is 6.18 Å².